The summed E-state index contributed by atoms with van der Waals surface area (Å²) in [7, 11) is -3.49. The zero-order chi connectivity index (χ0) is 13.2. The standard InChI is InChI=1S/C11H20N4O2S/c1-3-10-13-7-11(14-10)18(16,17)15-9-5-4-6-12-8(9)2/h7-9,12,15H,3-6H2,1-2H3,(H,13,14). The van der Waals surface area contributed by atoms with Gasteiger partial charge < -0.3 is 10.3 Å². The Morgan fingerprint density at radius 1 is 1.56 bits per heavy atom. The highest BCUT2D eigenvalue weighted by atomic mass is 32.2. The molecule has 0 bridgehead atoms. The molecule has 18 heavy (non-hydrogen) atoms. The Balaban J connectivity index is 2.11. The lowest BCUT2D eigenvalue weighted by Gasteiger charge is -2.30. The molecule has 0 radical (unpaired) electrons. The van der Waals surface area contributed by atoms with Gasteiger partial charge in [-0.15, -0.1) is 0 Å². The van der Waals surface area contributed by atoms with E-state index in [1.54, 1.807) is 0 Å². The van der Waals surface area contributed by atoms with Crippen LogP contribution in [0.5, 0.6) is 0 Å². The second kappa shape index (κ2) is 5.38. The summed E-state index contributed by atoms with van der Waals surface area (Å²) in [5.74, 6) is 0.685. The molecule has 0 spiro atoms. The van der Waals surface area contributed by atoms with Crippen LogP contribution in [0.1, 0.15) is 32.5 Å². The van der Waals surface area contributed by atoms with Gasteiger partial charge in [0.05, 0.1) is 6.20 Å². The van der Waals surface area contributed by atoms with E-state index in [2.05, 4.69) is 20.0 Å². The first-order chi connectivity index (χ1) is 8.53. The van der Waals surface area contributed by atoms with Crippen molar-refractivity contribution in [1.82, 2.24) is 20.0 Å². The summed E-state index contributed by atoms with van der Waals surface area (Å²) in [5.41, 5.74) is 0. The predicted molar refractivity (Wildman–Crippen MR) is 68.8 cm³/mol. The molecule has 2 rings (SSSR count). The second-order valence-electron chi connectivity index (χ2n) is 4.66. The van der Waals surface area contributed by atoms with E-state index in [9.17, 15) is 8.42 Å². The highest BCUT2D eigenvalue weighted by Gasteiger charge is 2.27. The highest BCUT2D eigenvalue weighted by Crippen LogP contribution is 2.13. The number of aromatic amines is 1. The van der Waals surface area contributed by atoms with Gasteiger partial charge in [-0.3, -0.25) is 0 Å². The van der Waals surface area contributed by atoms with Crippen molar-refractivity contribution in [3.8, 4) is 0 Å². The molecule has 0 amide bonds. The Morgan fingerprint density at radius 2 is 2.33 bits per heavy atom. The number of hydrogen-bond acceptors (Lipinski definition) is 4. The van der Waals surface area contributed by atoms with Gasteiger partial charge in [-0.2, -0.15) is 0 Å². The highest BCUT2D eigenvalue weighted by molar-refractivity contribution is 7.89. The van der Waals surface area contributed by atoms with Crippen molar-refractivity contribution in [3.05, 3.63) is 12.0 Å². The van der Waals surface area contributed by atoms with Gasteiger partial charge in [0.15, 0.2) is 5.03 Å². The van der Waals surface area contributed by atoms with Crippen molar-refractivity contribution in [3.63, 3.8) is 0 Å². The maximum Gasteiger partial charge on any atom is 0.257 e. The van der Waals surface area contributed by atoms with Crippen molar-refractivity contribution in [2.24, 2.45) is 0 Å². The van der Waals surface area contributed by atoms with Crippen molar-refractivity contribution < 1.29 is 8.42 Å². The molecule has 1 aliphatic heterocycles. The van der Waals surface area contributed by atoms with Gasteiger partial charge in [-0.05, 0) is 26.3 Å². The number of sulfonamides is 1. The number of nitrogens with zero attached hydrogens (tertiary/aromatic N) is 1. The van der Waals surface area contributed by atoms with E-state index >= 15 is 0 Å². The van der Waals surface area contributed by atoms with Crippen LogP contribution < -0.4 is 10.0 Å². The molecule has 6 nitrogen and oxygen atoms in total. The minimum Gasteiger partial charge on any atom is -0.332 e. The lowest BCUT2D eigenvalue weighted by Crippen LogP contribution is -2.51. The number of piperidine rings is 1. The smallest absolute Gasteiger partial charge is 0.257 e. The largest absolute Gasteiger partial charge is 0.332 e. The van der Waals surface area contributed by atoms with E-state index < -0.39 is 10.0 Å². The number of H-pyrrole nitrogens is 1. The van der Waals surface area contributed by atoms with Gasteiger partial charge in [-0.25, -0.2) is 18.1 Å². The molecule has 1 fully saturated rings. The van der Waals surface area contributed by atoms with Crippen LogP contribution in [0.25, 0.3) is 0 Å². The number of imidazole rings is 1. The maximum atomic E-state index is 12.2. The van der Waals surface area contributed by atoms with Gasteiger partial charge in [0.25, 0.3) is 10.0 Å². The summed E-state index contributed by atoms with van der Waals surface area (Å²) < 4.78 is 27.1. The molecule has 3 N–H and O–H groups in total. The SMILES string of the molecule is CCc1ncc(S(=O)(=O)NC2CCCNC2C)[nH]1. The summed E-state index contributed by atoms with van der Waals surface area (Å²) in [6, 6.07) is 0.0965. The van der Waals surface area contributed by atoms with Gasteiger partial charge in [0.2, 0.25) is 0 Å². The van der Waals surface area contributed by atoms with Crippen LogP contribution in [0, 0.1) is 0 Å². The molecule has 1 saturated heterocycles. The third-order valence-corrected chi connectivity index (χ3v) is 4.70. The van der Waals surface area contributed by atoms with Crippen molar-refractivity contribution >= 4 is 10.0 Å². The first-order valence-corrected chi connectivity index (χ1v) is 7.81. The lowest BCUT2D eigenvalue weighted by atomic mass is 10.0. The van der Waals surface area contributed by atoms with E-state index in [0.717, 1.165) is 19.4 Å². The molecule has 2 atom stereocenters. The summed E-state index contributed by atoms with van der Waals surface area (Å²) in [6.45, 7) is 4.87. The summed E-state index contributed by atoms with van der Waals surface area (Å²) >= 11 is 0. The fourth-order valence-electron chi connectivity index (χ4n) is 2.13. The molecule has 102 valence electrons. The molecule has 1 aromatic rings. The Kier molecular flexibility index (Phi) is 4.04. The van der Waals surface area contributed by atoms with E-state index in [1.807, 2.05) is 13.8 Å². The minimum atomic E-state index is -3.49. The molecular formula is C11H20N4O2S. The van der Waals surface area contributed by atoms with Gasteiger partial charge in [0, 0.05) is 18.5 Å². The zero-order valence-electron chi connectivity index (χ0n) is 10.7. The van der Waals surface area contributed by atoms with Gasteiger partial charge in [-0.1, -0.05) is 6.92 Å². The summed E-state index contributed by atoms with van der Waals surface area (Å²) in [4.78, 5) is 6.85. The number of aryl methyl sites for hydroxylation is 1. The van der Waals surface area contributed by atoms with Crippen LogP contribution >= 0.6 is 0 Å². The van der Waals surface area contributed by atoms with Crippen LogP contribution in [0.3, 0.4) is 0 Å². The molecular weight excluding hydrogens is 252 g/mol. The average molecular weight is 272 g/mol. The fraction of sp³-hybridized carbons (Fsp3) is 0.727. The Bertz CT molecular complexity index is 497. The lowest BCUT2D eigenvalue weighted by molar-refractivity contribution is 0.348. The van der Waals surface area contributed by atoms with Crippen LogP contribution in [-0.4, -0.2) is 37.0 Å². The molecule has 0 aliphatic carbocycles. The van der Waals surface area contributed by atoms with Crippen LogP contribution in [0.4, 0.5) is 0 Å². The predicted octanol–water partition coefficient (Wildman–Crippen LogP) is 0.391. The van der Waals surface area contributed by atoms with Gasteiger partial charge in [0.1, 0.15) is 5.82 Å². The van der Waals surface area contributed by atoms with E-state index in [1.165, 1.54) is 6.20 Å². The molecule has 2 heterocycles. The molecule has 7 heteroatoms. The zero-order valence-corrected chi connectivity index (χ0v) is 11.5. The number of hydrogen-bond donors (Lipinski definition) is 3. The Hall–Kier alpha value is -0.920. The first-order valence-electron chi connectivity index (χ1n) is 6.32. The third kappa shape index (κ3) is 2.90. The molecule has 0 saturated carbocycles. The number of aromatic nitrogens is 2. The van der Waals surface area contributed by atoms with Crippen LogP contribution in [-0.2, 0) is 16.4 Å². The van der Waals surface area contributed by atoms with Crippen molar-refractivity contribution in [1.29, 1.82) is 0 Å². The van der Waals surface area contributed by atoms with E-state index in [0.29, 0.717) is 12.2 Å². The number of rotatable bonds is 4. The Morgan fingerprint density at radius 3 is 2.94 bits per heavy atom. The van der Waals surface area contributed by atoms with Gasteiger partial charge >= 0.3 is 0 Å². The van der Waals surface area contributed by atoms with Crippen molar-refractivity contribution in [2.75, 3.05) is 6.54 Å². The van der Waals surface area contributed by atoms with E-state index in [4.69, 9.17) is 0 Å². The second-order valence-corrected chi connectivity index (χ2v) is 6.34. The van der Waals surface area contributed by atoms with Crippen LogP contribution in [0.15, 0.2) is 11.2 Å². The van der Waals surface area contributed by atoms with Crippen molar-refractivity contribution in [2.45, 2.75) is 50.2 Å². The monoisotopic (exact) mass is 272 g/mol. The average Bonchev–Trinajstić information content (AvgIpc) is 2.81. The van der Waals surface area contributed by atoms with E-state index in [-0.39, 0.29) is 17.1 Å². The normalized spacial score (nSPS) is 25.2. The molecule has 2 unspecified atom stereocenters. The molecule has 1 aromatic heterocycles. The van der Waals surface area contributed by atoms with Crippen LogP contribution in [0.2, 0.25) is 0 Å². The number of nitrogens with one attached hydrogen (secondary N) is 3. The first kappa shape index (κ1) is 13.5. The summed E-state index contributed by atoms with van der Waals surface area (Å²) in [6.07, 6.45) is 3.92. The third-order valence-electron chi connectivity index (χ3n) is 3.30. The Labute approximate surface area is 108 Å². The molecule has 1 aliphatic rings. The summed E-state index contributed by atoms with van der Waals surface area (Å²) in [5, 5.41) is 3.42. The quantitative estimate of drug-likeness (QED) is 0.740. The topological polar surface area (TPSA) is 86.9 Å². The maximum absolute atomic E-state index is 12.2. The molecule has 0 aromatic carbocycles. The minimum absolute atomic E-state index is 0.0582. The fourth-order valence-corrected chi connectivity index (χ4v) is 3.42.